The molecule has 1 aliphatic heterocycles. The molecule has 1 aliphatic rings. The fourth-order valence-corrected chi connectivity index (χ4v) is 4.75. The molecule has 1 atom stereocenters. The highest BCUT2D eigenvalue weighted by atomic mass is 32.2. The largest absolute Gasteiger partial charge is 0.356 e. The third-order valence-electron chi connectivity index (χ3n) is 5.75. The van der Waals surface area contributed by atoms with Crippen molar-refractivity contribution < 1.29 is 4.79 Å². The van der Waals surface area contributed by atoms with E-state index >= 15 is 0 Å². The van der Waals surface area contributed by atoms with Crippen LogP contribution in [0.4, 0.5) is 0 Å². The third kappa shape index (κ3) is 3.14. The van der Waals surface area contributed by atoms with E-state index in [0.717, 1.165) is 28.8 Å². The van der Waals surface area contributed by atoms with Crippen molar-refractivity contribution in [2.45, 2.75) is 17.4 Å². The molecular weight excluding hydrogens is 376 g/mol. The van der Waals surface area contributed by atoms with Crippen molar-refractivity contribution in [3.8, 4) is 0 Å². The summed E-state index contributed by atoms with van der Waals surface area (Å²) in [5, 5.41) is 1.26. The lowest BCUT2D eigenvalue weighted by molar-refractivity contribution is 0.0692. The molecule has 0 saturated carbocycles. The predicted molar refractivity (Wildman–Crippen MR) is 120 cm³/mol. The SMILES string of the molecule is CSc1ccc([C@H]2c3[nH]c4ccccc4c3CCN2C(=O)c2ccccc2)cc1. The summed E-state index contributed by atoms with van der Waals surface area (Å²) in [6, 6.07) is 26.5. The van der Waals surface area contributed by atoms with Crippen molar-refractivity contribution in [2.75, 3.05) is 12.8 Å². The van der Waals surface area contributed by atoms with Crippen molar-refractivity contribution in [3.05, 3.63) is 101 Å². The number of carbonyl (C=O) groups excluding carboxylic acids is 1. The van der Waals surface area contributed by atoms with E-state index < -0.39 is 0 Å². The van der Waals surface area contributed by atoms with Gasteiger partial charge in [0.05, 0.1) is 6.04 Å². The Labute approximate surface area is 174 Å². The van der Waals surface area contributed by atoms with Crippen LogP contribution in [-0.2, 0) is 6.42 Å². The molecule has 3 aromatic carbocycles. The number of nitrogens with one attached hydrogen (secondary N) is 1. The van der Waals surface area contributed by atoms with Gasteiger partial charge in [0.25, 0.3) is 5.91 Å². The minimum absolute atomic E-state index is 0.0776. The number of para-hydroxylation sites is 1. The summed E-state index contributed by atoms with van der Waals surface area (Å²) in [5.74, 6) is 0.0776. The molecule has 144 valence electrons. The van der Waals surface area contributed by atoms with Crippen LogP contribution in [-0.4, -0.2) is 28.6 Å². The highest BCUT2D eigenvalue weighted by Gasteiger charge is 2.34. The van der Waals surface area contributed by atoms with Gasteiger partial charge in [-0.3, -0.25) is 4.79 Å². The quantitative estimate of drug-likeness (QED) is 0.451. The van der Waals surface area contributed by atoms with Crippen LogP contribution >= 0.6 is 11.8 Å². The first kappa shape index (κ1) is 18.1. The summed E-state index contributed by atoms with van der Waals surface area (Å²) < 4.78 is 0. The first-order valence-corrected chi connectivity index (χ1v) is 11.1. The maximum absolute atomic E-state index is 13.4. The zero-order chi connectivity index (χ0) is 19.8. The Hall–Kier alpha value is -2.98. The lowest BCUT2D eigenvalue weighted by Gasteiger charge is -2.36. The number of benzene rings is 3. The van der Waals surface area contributed by atoms with Gasteiger partial charge >= 0.3 is 0 Å². The molecule has 29 heavy (non-hydrogen) atoms. The molecule has 0 aliphatic carbocycles. The van der Waals surface area contributed by atoms with Crippen LogP contribution < -0.4 is 0 Å². The Morgan fingerprint density at radius 1 is 0.966 bits per heavy atom. The van der Waals surface area contributed by atoms with Crippen molar-refractivity contribution in [3.63, 3.8) is 0 Å². The van der Waals surface area contributed by atoms with Crippen LogP contribution in [0, 0.1) is 0 Å². The zero-order valence-electron chi connectivity index (χ0n) is 16.3. The lowest BCUT2D eigenvalue weighted by atomic mass is 9.91. The van der Waals surface area contributed by atoms with Crippen molar-refractivity contribution in [1.29, 1.82) is 0 Å². The summed E-state index contributed by atoms with van der Waals surface area (Å²) in [6.07, 6.45) is 2.94. The maximum atomic E-state index is 13.4. The summed E-state index contributed by atoms with van der Waals surface area (Å²) in [7, 11) is 0. The van der Waals surface area contributed by atoms with Crippen LogP contribution in [0.1, 0.15) is 33.2 Å². The van der Waals surface area contributed by atoms with Gasteiger partial charge < -0.3 is 9.88 Å². The summed E-state index contributed by atoms with van der Waals surface area (Å²) >= 11 is 1.73. The third-order valence-corrected chi connectivity index (χ3v) is 6.49. The molecule has 0 saturated heterocycles. The average molecular weight is 399 g/mol. The van der Waals surface area contributed by atoms with Crippen LogP contribution in [0.2, 0.25) is 0 Å². The van der Waals surface area contributed by atoms with Crippen molar-refractivity contribution in [2.24, 2.45) is 0 Å². The van der Waals surface area contributed by atoms with Gasteiger partial charge in [-0.05, 0) is 54.1 Å². The Morgan fingerprint density at radius 2 is 1.69 bits per heavy atom. The molecule has 0 bridgehead atoms. The van der Waals surface area contributed by atoms with Crippen molar-refractivity contribution in [1.82, 2.24) is 9.88 Å². The second-order valence-electron chi connectivity index (χ2n) is 7.35. The summed E-state index contributed by atoms with van der Waals surface area (Å²) in [4.78, 5) is 20.3. The standard InChI is InChI=1S/C25H22N2OS/c1-29-19-13-11-17(12-14-19)24-23-21(20-9-5-6-10-22(20)26-23)15-16-27(24)25(28)18-7-3-2-4-8-18/h2-14,24,26H,15-16H2,1H3/t24-/m0/s1. The number of H-pyrrole nitrogens is 1. The van der Waals surface area contributed by atoms with Crippen LogP contribution in [0.5, 0.6) is 0 Å². The summed E-state index contributed by atoms with van der Waals surface area (Å²) in [6.45, 7) is 0.706. The van der Waals surface area contributed by atoms with Crippen LogP contribution in [0.15, 0.2) is 83.8 Å². The Bertz CT molecular complexity index is 1160. The molecule has 0 radical (unpaired) electrons. The minimum Gasteiger partial charge on any atom is -0.356 e. The van der Waals surface area contributed by atoms with E-state index in [1.807, 2.05) is 35.2 Å². The Balaban J connectivity index is 1.65. The number of amides is 1. The number of carbonyl (C=O) groups is 1. The Kier molecular flexibility index (Phi) is 4.64. The molecule has 0 spiro atoms. The van der Waals surface area contributed by atoms with E-state index in [1.165, 1.54) is 15.8 Å². The maximum Gasteiger partial charge on any atom is 0.254 e. The monoisotopic (exact) mass is 398 g/mol. The first-order valence-electron chi connectivity index (χ1n) is 9.85. The van der Waals surface area contributed by atoms with Crippen molar-refractivity contribution >= 4 is 28.6 Å². The highest BCUT2D eigenvalue weighted by Crippen LogP contribution is 2.39. The fraction of sp³-hybridized carbons (Fsp3) is 0.160. The number of rotatable bonds is 3. The molecule has 0 fully saturated rings. The molecule has 5 rings (SSSR count). The molecule has 2 heterocycles. The smallest absolute Gasteiger partial charge is 0.254 e. The number of hydrogen-bond donors (Lipinski definition) is 1. The van der Waals surface area contributed by atoms with E-state index in [1.54, 1.807) is 11.8 Å². The van der Waals surface area contributed by atoms with E-state index in [4.69, 9.17) is 0 Å². The fourth-order valence-electron chi connectivity index (χ4n) is 4.34. The Morgan fingerprint density at radius 3 is 2.45 bits per heavy atom. The number of fused-ring (bicyclic) bond motifs is 3. The molecule has 4 heteroatoms. The topological polar surface area (TPSA) is 36.1 Å². The van der Waals surface area contributed by atoms with E-state index in [2.05, 4.69) is 59.8 Å². The molecule has 1 amide bonds. The predicted octanol–water partition coefficient (Wildman–Crippen LogP) is 5.68. The van der Waals surface area contributed by atoms with Gasteiger partial charge in [-0.15, -0.1) is 11.8 Å². The highest BCUT2D eigenvalue weighted by molar-refractivity contribution is 7.98. The zero-order valence-corrected chi connectivity index (χ0v) is 17.1. The number of thioether (sulfide) groups is 1. The molecular formula is C25H22N2OS. The second kappa shape index (κ2) is 7.45. The second-order valence-corrected chi connectivity index (χ2v) is 8.23. The molecule has 0 unspecified atom stereocenters. The number of aromatic amines is 1. The number of nitrogens with zero attached hydrogens (tertiary/aromatic N) is 1. The first-order chi connectivity index (χ1) is 14.3. The van der Waals surface area contributed by atoms with E-state index in [9.17, 15) is 4.79 Å². The van der Waals surface area contributed by atoms with Gasteiger partial charge in [-0.1, -0.05) is 48.5 Å². The lowest BCUT2D eigenvalue weighted by Crippen LogP contribution is -2.40. The van der Waals surface area contributed by atoms with E-state index in [0.29, 0.717) is 6.54 Å². The summed E-state index contributed by atoms with van der Waals surface area (Å²) in [5.41, 5.74) is 5.48. The average Bonchev–Trinajstić information content (AvgIpc) is 3.17. The normalized spacial score (nSPS) is 16.0. The van der Waals surface area contributed by atoms with Gasteiger partial charge in [-0.25, -0.2) is 0 Å². The van der Waals surface area contributed by atoms with E-state index in [-0.39, 0.29) is 11.9 Å². The van der Waals surface area contributed by atoms with Gasteiger partial charge in [0.2, 0.25) is 0 Å². The minimum atomic E-state index is -0.116. The van der Waals surface area contributed by atoms with Gasteiger partial charge in [0, 0.05) is 33.6 Å². The van der Waals surface area contributed by atoms with Gasteiger partial charge in [0.1, 0.15) is 0 Å². The molecule has 4 aromatic rings. The van der Waals surface area contributed by atoms with Crippen LogP contribution in [0.25, 0.3) is 10.9 Å². The van der Waals surface area contributed by atoms with Crippen LogP contribution in [0.3, 0.4) is 0 Å². The van der Waals surface area contributed by atoms with Gasteiger partial charge in [-0.2, -0.15) is 0 Å². The molecule has 3 nitrogen and oxygen atoms in total. The van der Waals surface area contributed by atoms with Gasteiger partial charge in [0.15, 0.2) is 0 Å². The number of aromatic nitrogens is 1. The molecule has 1 aromatic heterocycles. The number of hydrogen-bond acceptors (Lipinski definition) is 2. The molecule has 1 N–H and O–H groups in total.